The molecule has 28 heavy (non-hydrogen) atoms. The quantitative estimate of drug-likeness (QED) is 0.347. The molecule has 0 radical (unpaired) electrons. The van der Waals surface area contributed by atoms with Gasteiger partial charge >= 0.3 is 0 Å². The van der Waals surface area contributed by atoms with Crippen LogP contribution in [0.2, 0.25) is 5.02 Å². The Morgan fingerprint density at radius 2 is 1.82 bits per heavy atom. The molecule has 1 heterocycles. The van der Waals surface area contributed by atoms with E-state index in [-0.39, 0.29) is 24.0 Å². The molecule has 0 aliphatic carbocycles. The minimum absolute atomic E-state index is 0. The number of nitrogens with one attached hydrogen (secondary N) is 2. The van der Waals surface area contributed by atoms with E-state index in [1.165, 1.54) is 11.3 Å². The number of nitrogens with zero attached hydrogens (tertiary/aromatic N) is 2. The highest BCUT2D eigenvalue weighted by molar-refractivity contribution is 14.0. The monoisotopic (exact) mass is 514 g/mol. The van der Waals surface area contributed by atoms with Crippen LogP contribution in [0.1, 0.15) is 18.1 Å². The van der Waals surface area contributed by atoms with E-state index in [9.17, 15) is 0 Å². The molecule has 5 nitrogen and oxygen atoms in total. The van der Waals surface area contributed by atoms with Crippen molar-refractivity contribution in [3.63, 3.8) is 0 Å². The first-order valence-corrected chi connectivity index (χ1v) is 9.80. The SMILES string of the molecule is CCNC(=NCc1cccc(Cl)c1)NCc1ccc(N2CCOCC2)cc1.I. The maximum Gasteiger partial charge on any atom is 0.191 e. The fourth-order valence-corrected chi connectivity index (χ4v) is 3.19. The minimum Gasteiger partial charge on any atom is -0.378 e. The predicted molar refractivity (Wildman–Crippen MR) is 128 cm³/mol. The Balaban J connectivity index is 0.00000280. The molecule has 3 rings (SSSR count). The number of rotatable bonds is 6. The van der Waals surface area contributed by atoms with Gasteiger partial charge in [-0.15, -0.1) is 24.0 Å². The number of ether oxygens (including phenoxy) is 1. The Morgan fingerprint density at radius 1 is 1.07 bits per heavy atom. The summed E-state index contributed by atoms with van der Waals surface area (Å²) in [6, 6.07) is 16.5. The van der Waals surface area contributed by atoms with Crippen LogP contribution in [0.4, 0.5) is 5.69 Å². The first kappa shape index (κ1) is 22.8. The van der Waals surface area contributed by atoms with Gasteiger partial charge in [-0.2, -0.15) is 0 Å². The number of benzene rings is 2. The Bertz CT molecular complexity index is 748. The lowest BCUT2D eigenvalue weighted by Crippen LogP contribution is -2.37. The third-order valence-corrected chi connectivity index (χ3v) is 4.66. The average molecular weight is 515 g/mol. The lowest BCUT2D eigenvalue weighted by molar-refractivity contribution is 0.122. The molecule has 0 unspecified atom stereocenters. The van der Waals surface area contributed by atoms with E-state index in [4.69, 9.17) is 16.3 Å². The van der Waals surface area contributed by atoms with Crippen molar-refractivity contribution in [1.29, 1.82) is 0 Å². The van der Waals surface area contributed by atoms with Gasteiger partial charge in [0.15, 0.2) is 5.96 Å². The Morgan fingerprint density at radius 3 is 2.50 bits per heavy atom. The van der Waals surface area contributed by atoms with Crippen LogP contribution in [0.5, 0.6) is 0 Å². The summed E-state index contributed by atoms with van der Waals surface area (Å²) in [5, 5.41) is 7.41. The van der Waals surface area contributed by atoms with Crippen LogP contribution in [0.3, 0.4) is 0 Å². The fraction of sp³-hybridized carbons (Fsp3) is 0.381. The molecular weight excluding hydrogens is 487 g/mol. The van der Waals surface area contributed by atoms with Crippen molar-refractivity contribution >= 4 is 47.2 Å². The molecule has 0 bridgehead atoms. The number of hydrogen-bond donors (Lipinski definition) is 2. The Hall–Kier alpha value is -1.51. The van der Waals surface area contributed by atoms with Gasteiger partial charge in [0.1, 0.15) is 0 Å². The highest BCUT2D eigenvalue weighted by atomic mass is 127. The summed E-state index contributed by atoms with van der Waals surface area (Å²) < 4.78 is 5.42. The second-order valence-electron chi connectivity index (χ2n) is 6.44. The highest BCUT2D eigenvalue weighted by Crippen LogP contribution is 2.16. The molecule has 1 saturated heterocycles. The van der Waals surface area contributed by atoms with Gasteiger partial charge in [0.25, 0.3) is 0 Å². The zero-order valence-corrected chi connectivity index (χ0v) is 19.2. The van der Waals surface area contributed by atoms with E-state index < -0.39 is 0 Å². The summed E-state index contributed by atoms with van der Waals surface area (Å²) in [6.07, 6.45) is 0. The van der Waals surface area contributed by atoms with Crippen LogP contribution in [0.25, 0.3) is 0 Å². The molecule has 2 N–H and O–H groups in total. The topological polar surface area (TPSA) is 48.9 Å². The summed E-state index contributed by atoms with van der Waals surface area (Å²) in [5.41, 5.74) is 3.57. The van der Waals surface area contributed by atoms with Gasteiger partial charge in [-0.25, -0.2) is 4.99 Å². The van der Waals surface area contributed by atoms with E-state index in [1.807, 2.05) is 24.3 Å². The number of anilines is 1. The van der Waals surface area contributed by atoms with E-state index in [1.54, 1.807) is 0 Å². The molecular formula is C21H28ClIN4O. The molecule has 0 atom stereocenters. The first-order chi connectivity index (χ1) is 13.2. The molecule has 0 saturated carbocycles. The maximum absolute atomic E-state index is 6.04. The van der Waals surface area contributed by atoms with E-state index in [0.29, 0.717) is 6.54 Å². The van der Waals surface area contributed by atoms with Crippen molar-refractivity contribution in [2.24, 2.45) is 4.99 Å². The minimum atomic E-state index is 0. The standard InChI is InChI=1S/C21H27ClN4O.HI/c1-2-23-21(25-16-18-4-3-5-19(22)14-18)24-15-17-6-8-20(9-7-17)26-10-12-27-13-11-26;/h3-9,14H,2,10-13,15-16H2,1H3,(H2,23,24,25);1H. The molecule has 2 aromatic carbocycles. The third kappa shape index (κ3) is 7.14. The number of halogens is 2. The van der Waals surface area contributed by atoms with Crippen molar-refractivity contribution < 1.29 is 4.74 Å². The fourth-order valence-electron chi connectivity index (χ4n) is 2.98. The number of guanidine groups is 1. The van der Waals surface area contributed by atoms with Gasteiger partial charge < -0.3 is 20.3 Å². The molecule has 1 aliphatic heterocycles. The van der Waals surface area contributed by atoms with Gasteiger partial charge in [-0.1, -0.05) is 35.9 Å². The van der Waals surface area contributed by atoms with Crippen molar-refractivity contribution in [1.82, 2.24) is 10.6 Å². The Kier molecular flexibility index (Phi) is 9.87. The van der Waals surface area contributed by atoms with Crippen molar-refractivity contribution in [3.8, 4) is 0 Å². The number of aliphatic imine (C=N–C) groups is 1. The maximum atomic E-state index is 6.04. The van der Waals surface area contributed by atoms with E-state index in [0.717, 1.165) is 55.9 Å². The van der Waals surface area contributed by atoms with Crippen LogP contribution in [-0.2, 0) is 17.8 Å². The van der Waals surface area contributed by atoms with Gasteiger partial charge in [-0.3, -0.25) is 0 Å². The largest absolute Gasteiger partial charge is 0.378 e. The lowest BCUT2D eigenvalue weighted by atomic mass is 10.2. The third-order valence-electron chi connectivity index (χ3n) is 4.43. The molecule has 0 spiro atoms. The number of morpholine rings is 1. The summed E-state index contributed by atoms with van der Waals surface area (Å²) in [7, 11) is 0. The molecule has 0 aromatic heterocycles. The van der Waals surface area contributed by atoms with Crippen LogP contribution in [-0.4, -0.2) is 38.8 Å². The van der Waals surface area contributed by atoms with E-state index >= 15 is 0 Å². The predicted octanol–water partition coefficient (Wildman–Crippen LogP) is 4.05. The summed E-state index contributed by atoms with van der Waals surface area (Å²) in [5.74, 6) is 0.801. The van der Waals surface area contributed by atoms with Gasteiger partial charge in [-0.05, 0) is 42.3 Å². The number of hydrogen-bond acceptors (Lipinski definition) is 3. The Labute approximate surface area is 189 Å². The van der Waals surface area contributed by atoms with Crippen LogP contribution in [0, 0.1) is 0 Å². The van der Waals surface area contributed by atoms with Gasteiger partial charge in [0, 0.05) is 36.9 Å². The van der Waals surface area contributed by atoms with Crippen molar-refractivity contribution in [2.45, 2.75) is 20.0 Å². The van der Waals surface area contributed by atoms with E-state index in [2.05, 4.69) is 51.7 Å². The molecule has 2 aromatic rings. The average Bonchev–Trinajstić information content (AvgIpc) is 2.71. The van der Waals surface area contributed by atoms with Gasteiger partial charge in [0.2, 0.25) is 0 Å². The summed E-state index contributed by atoms with van der Waals surface area (Å²) in [6.45, 7) is 7.72. The summed E-state index contributed by atoms with van der Waals surface area (Å²) >= 11 is 6.04. The molecule has 7 heteroatoms. The smallest absolute Gasteiger partial charge is 0.191 e. The highest BCUT2D eigenvalue weighted by Gasteiger charge is 2.10. The molecule has 0 amide bonds. The lowest BCUT2D eigenvalue weighted by Gasteiger charge is -2.28. The second-order valence-corrected chi connectivity index (χ2v) is 6.88. The zero-order chi connectivity index (χ0) is 18.9. The van der Waals surface area contributed by atoms with Crippen molar-refractivity contribution in [2.75, 3.05) is 37.7 Å². The van der Waals surface area contributed by atoms with Crippen LogP contribution >= 0.6 is 35.6 Å². The molecule has 1 fully saturated rings. The van der Waals surface area contributed by atoms with Crippen molar-refractivity contribution in [3.05, 3.63) is 64.7 Å². The molecule has 152 valence electrons. The first-order valence-electron chi connectivity index (χ1n) is 9.43. The van der Waals surface area contributed by atoms with Crippen LogP contribution in [0.15, 0.2) is 53.5 Å². The van der Waals surface area contributed by atoms with Crippen LogP contribution < -0.4 is 15.5 Å². The second kappa shape index (κ2) is 12.1. The summed E-state index contributed by atoms with van der Waals surface area (Å²) in [4.78, 5) is 7.00. The van der Waals surface area contributed by atoms with Gasteiger partial charge in [0.05, 0.1) is 19.8 Å². The molecule has 1 aliphatic rings. The normalized spacial score (nSPS) is 14.4. The zero-order valence-electron chi connectivity index (χ0n) is 16.2.